The zero-order valence-electron chi connectivity index (χ0n) is 45.1. The van der Waals surface area contributed by atoms with E-state index in [1.807, 2.05) is 48.5 Å². The highest BCUT2D eigenvalue weighted by Gasteiger charge is 2.54. The van der Waals surface area contributed by atoms with Gasteiger partial charge in [0.15, 0.2) is 5.60 Å². The maximum atomic E-state index is 13.2. The Morgan fingerprint density at radius 1 is 0.622 bits per heavy atom. The summed E-state index contributed by atoms with van der Waals surface area (Å²) in [6.07, 6.45) is 0. The van der Waals surface area contributed by atoms with Crippen LogP contribution in [0, 0.1) is 27.7 Å². The standard InChI is InChI=1S/C31H35Br2N2O3.C30H34N2O3.BrH/c1-8-34(9-2)27-18(5)29-22(16-24(27)32)26(20-14-12-13-15-21(20)31(36)37-7)23-17-25(33)28(35(10-3)11-4)19(6)30(23)38-29;1-7-31(8-2)25-17-15-23-27(19(25)5)34-28-20(6)26(32(9-3)10-4)18-16-24(28)30(23)22-14-12-11-13-21(22)29(33)35-30;/h12-17H,8-11H2,1-7H3;11-18H,7-10H2,1-6H3;1H/q+1;;. The quantitative estimate of drug-likeness (QED) is 0.0636. The molecular formula is C61H70Br3N4O6+. The molecule has 13 heteroatoms. The number of rotatable bonds is 13. The van der Waals surface area contributed by atoms with Crippen LogP contribution < -0.4 is 29.4 Å². The van der Waals surface area contributed by atoms with Gasteiger partial charge in [0.2, 0.25) is 5.36 Å². The van der Waals surface area contributed by atoms with Crippen molar-refractivity contribution in [2.75, 3.05) is 74.2 Å². The topological polar surface area (TPSA) is 87.7 Å². The summed E-state index contributed by atoms with van der Waals surface area (Å²) >= 11 is 7.74. The summed E-state index contributed by atoms with van der Waals surface area (Å²) in [5.41, 5.74) is 13.9. The van der Waals surface area contributed by atoms with Crippen molar-refractivity contribution in [2.24, 2.45) is 0 Å². The number of esters is 2. The Balaban J connectivity index is 0.000000214. The van der Waals surface area contributed by atoms with Crippen LogP contribution in [0.1, 0.15) is 115 Å². The highest BCUT2D eigenvalue weighted by atomic mass is 79.9. The number of methoxy groups -OCH3 is 1. The van der Waals surface area contributed by atoms with Crippen molar-refractivity contribution in [3.63, 3.8) is 0 Å². The lowest BCUT2D eigenvalue weighted by molar-refractivity contribution is 0.0223. The third kappa shape index (κ3) is 9.22. The van der Waals surface area contributed by atoms with Gasteiger partial charge in [0.1, 0.15) is 35.9 Å². The Kier molecular flexibility index (Phi) is 17.5. The van der Waals surface area contributed by atoms with Crippen LogP contribution >= 0.6 is 48.8 Å². The van der Waals surface area contributed by atoms with Crippen molar-refractivity contribution in [3.8, 4) is 33.9 Å². The van der Waals surface area contributed by atoms with Crippen molar-refractivity contribution in [2.45, 2.75) is 88.7 Å². The SMILES string of the molecule is Br.CCN(CC)c1c(Br)cc2c(-c3ccccc3C(=O)OC)c3cc(Br)c(=[N+](CC)CC)c(C)c-3oc2c1C.CCN(CC)c1ccc2c(c1C)Oc1c(ccc(N(CC)CC)c1C)C21OC(=O)c2ccccc21. The fourth-order valence-electron chi connectivity index (χ4n) is 11.4. The van der Waals surface area contributed by atoms with Gasteiger partial charge in [0.25, 0.3) is 0 Å². The number of carbonyl (C=O) groups excluding carboxylic acids is 2. The van der Waals surface area contributed by atoms with Gasteiger partial charge in [-0.05, 0) is 169 Å². The molecule has 1 spiro atoms. The summed E-state index contributed by atoms with van der Waals surface area (Å²) in [6.45, 7) is 32.9. The lowest BCUT2D eigenvalue weighted by Gasteiger charge is -2.39. The second-order valence-electron chi connectivity index (χ2n) is 18.5. The summed E-state index contributed by atoms with van der Waals surface area (Å²) in [7, 11) is 1.42. The molecule has 0 amide bonds. The molecule has 1 aliphatic carbocycles. The van der Waals surface area contributed by atoms with Gasteiger partial charge in [-0.3, -0.25) is 0 Å². The minimum absolute atomic E-state index is 0. The van der Waals surface area contributed by atoms with E-state index >= 15 is 0 Å². The monoisotopic (exact) mass is 1190 g/mol. The Bertz CT molecular complexity index is 3240. The summed E-state index contributed by atoms with van der Waals surface area (Å²) < 4.78 is 29.5. The molecule has 0 fully saturated rings. The zero-order chi connectivity index (χ0) is 52.6. The lowest BCUT2D eigenvalue weighted by Crippen LogP contribution is -2.34. The number of anilines is 3. The molecular weight excluding hydrogens is 1120 g/mol. The maximum Gasteiger partial charge on any atom is 0.340 e. The Morgan fingerprint density at radius 2 is 1.15 bits per heavy atom. The van der Waals surface area contributed by atoms with Gasteiger partial charge >= 0.3 is 11.9 Å². The average molecular weight is 1190 g/mol. The largest absolute Gasteiger partial charge is 0.465 e. The van der Waals surface area contributed by atoms with Gasteiger partial charge in [0, 0.05) is 105 Å². The van der Waals surface area contributed by atoms with Crippen molar-refractivity contribution in [3.05, 3.63) is 149 Å². The summed E-state index contributed by atoms with van der Waals surface area (Å²) in [6, 6.07) is 28.1. The first kappa shape index (κ1) is 56.1. The van der Waals surface area contributed by atoms with E-state index in [1.54, 1.807) is 0 Å². The first-order valence-corrected chi connectivity index (χ1v) is 27.4. The number of nitrogens with zero attached hydrogens (tertiary/aromatic N) is 4. The molecule has 4 aliphatic rings. The smallest absolute Gasteiger partial charge is 0.340 e. The van der Waals surface area contributed by atoms with Gasteiger partial charge in [-0.2, -0.15) is 0 Å². The summed E-state index contributed by atoms with van der Waals surface area (Å²) in [5, 5.41) is 2.06. The molecule has 9 rings (SSSR count). The maximum absolute atomic E-state index is 13.2. The molecule has 0 bridgehead atoms. The van der Waals surface area contributed by atoms with Gasteiger partial charge in [-0.15, -0.1) is 17.0 Å². The molecule has 0 saturated carbocycles. The third-order valence-electron chi connectivity index (χ3n) is 15.1. The van der Waals surface area contributed by atoms with Crippen LogP contribution in [-0.2, 0) is 15.1 Å². The van der Waals surface area contributed by atoms with E-state index in [0.29, 0.717) is 11.1 Å². The molecule has 5 aromatic rings. The van der Waals surface area contributed by atoms with Crippen LogP contribution in [-0.4, -0.2) is 71.4 Å². The number of carbonyl (C=O) groups is 2. The minimum atomic E-state index is -1.03. The van der Waals surface area contributed by atoms with Gasteiger partial charge in [-0.25, -0.2) is 14.2 Å². The molecule has 0 N–H and O–H groups in total. The molecule has 0 unspecified atom stereocenters. The number of hydrogen-bond donors (Lipinski definition) is 0. The summed E-state index contributed by atoms with van der Waals surface area (Å²) in [4.78, 5) is 33.1. The van der Waals surface area contributed by atoms with E-state index in [4.69, 9.17) is 18.6 Å². The van der Waals surface area contributed by atoms with E-state index in [0.717, 1.165) is 168 Å². The Morgan fingerprint density at radius 3 is 1.68 bits per heavy atom. The molecule has 0 saturated heterocycles. The van der Waals surface area contributed by atoms with E-state index in [-0.39, 0.29) is 28.9 Å². The normalized spacial score (nSPS) is 12.7. The van der Waals surface area contributed by atoms with Crippen LogP contribution in [0.3, 0.4) is 0 Å². The van der Waals surface area contributed by atoms with Crippen LogP contribution in [0.4, 0.5) is 17.1 Å². The molecule has 3 heterocycles. The van der Waals surface area contributed by atoms with Crippen LogP contribution in [0.2, 0.25) is 0 Å². The van der Waals surface area contributed by atoms with E-state index in [2.05, 4.69) is 171 Å². The zero-order valence-corrected chi connectivity index (χ0v) is 50.0. The third-order valence-corrected chi connectivity index (χ3v) is 16.3. The van der Waals surface area contributed by atoms with Crippen molar-refractivity contribution >= 4 is 88.8 Å². The van der Waals surface area contributed by atoms with Crippen LogP contribution in [0.5, 0.6) is 11.5 Å². The molecule has 0 atom stereocenters. The first-order valence-electron chi connectivity index (χ1n) is 25.8. The molecule has 0 aromatic heterocycles. The molecule has 74 heavy (non-hydrogen) atoms. The van der Waals surface area contributed by atoms with Gasteiger partial charge in [-0.1, -0.05) is 36.4 Å². The number of halogens is 3. The highest BCUT2D eigenvalue weighted by molar-refractivity contribution is 9.10. The first-order chi connectivity index (χ1) is 35.2. The molecule has 0 radical (unpaired) electrons. The molecule has 3 aliphatic heterocycles. The highest BCUT2D eigenvalue weighted by Crippen LogP contribution is 2.59. The number of ether oxygens (including phenoxy) is 3. The number of fused-ring (bicyclic) bond motifs is 8. The molecule has 5 aromatic carbocycles. The number of aryl methyl sites for hydroxylation is 1. The predicted octanol–water partition coefficient (Wildman–Crippen LogP) is 14.9. The minimum Gasteiger partial charge on any atom is -0.465 e. The van der Waals surface area contributed by atoms with Crippen LogP contribution in [0.25, 0.3) is 33.4 Å². The van der Waals surface area contributed by atoms with Crippen molar-refractivity contribution in [1.82, 2.24) is 4.58 Å². The number of benzene rings is 6. The van der Waals surface area contributed by atoms with E-state index < -0.39 is 5.60 Å². The molecule has 10 nitrogen and oxygen atoms in total. The number of hydrogen-bond acceptors (Lipinski definition) is 9. The van der Waals surface area contributed by atoms with Gasteiger partial charge in [0.05, 0.1) is 34.0 Å². The fraction of sp³-hybridized carbons (Fsp3) is 0.361. The van der Waals surface area contributed by atoms with Crippen LogP contribution in [0.15, 0.2) is 98.3 Å². The van der Waals surface area contributed by atoms with E-state index in [9.17, 15) is 9.59 Å². The van der Waals surface area contributed by atoms with Gasteiger partial charge < -0.3 is 33.3 Å². The fourth-order valence-corrected chi connectivity index (χ4v) is 12.9. The summed E-state index contributed by atoms with van der Waals surface area (Å²) in [5.74, 6) is 1.72. The predicted molar refractivity (Wildman–Crippen MR) is 316 cm³/mol. The molecule has 390 valence electrons. The second kappa shape index (κ2) is 23.1. The van der Waals surface area contributed by atoms with Crippen molar-refractivity contribution < 1.29 is 28.2 Å². The van der Waals surface area contributed by atoms with E-state index in [1.165, 1.54) is 7.11 Å². The van der Waals surface area contributed by atoms with Crippen molar-refractivity contribution in [1.29, 1.82) is 0 Å². The Hall–Kier alpha value is -5.63. The average Bonchev–Trinajstić information content (AvgIpc) is 3.71. The Labute approximate surface area is 464 Å². The lowest BCUT2D eigenvalue weighted by atomic mass is 9.76. The second-order valence-corrected chi connectivity index (χ2v) is 20.2.